The fourth-order valence-corrected chi connectivity index (χ4v) is 1.87. The lowest BCUT2D eigenvalue weighted by atomic mass is 9.93. The number of anilines is 1. The van der Waals surface area contributed by atoms with E-state index >= 15 is 0 Å². The number of hydrogen-bond donors (Lipinski definition) is 2. The summed E-state index contributed by atoms with van der Waals surface area (Å²) in [7, 11) is 0. The first-order valence-corrected chi connectivity index (χ1v) is 6.47. The van der Waals surface area contributed by atoms with E-state index < -0.39 is 10.5 Å². The molecule has 2 N–H and O–H groups in total. The average molecular weight is 288 g/mol. The first kappa shape index (κ1) is 14.9. The fourth-order valence-electron chi connectivity index (χ4n) is 1.87. The maximum Gasteiger partial charge on any atom is 0.305 e. The molecule has 0 fully saturated rings. The van der Waals surface area contributed by atoms with Gasteiger partial charge in [-0.1, -0.05) is 30.3 Å². The quantitative estimate of drug-likeness (QED) is 0.623. The summed E-state index contributed by atoms with van der Waals surface area (Å²) in [4.78, 5) is 17.6. The van der Waals surface area contributed by atoms with E-state index in [4.69, 9.17) is 0 Å². The molecule has 0 aliphatic rings. The highest BCUT2D eigenvalue weighted by Gasteiger charge is 2.22. The highest BCUT2D eigenvalue weighted by Crippen LogP contribution is 2.23. The van der Waals surface area contributed by atoms with Crippen LogP contribution < -0.4 is 5.32 Å². The Bertz CT molecular complexity index is 599. The molecular weight excluding hydrogens is 272 g/mol. The first-order valence-electron chi connectivity index (χ1n) is 6.47. The van der Waals surface area contributed by atoms with Crippen LogP contribution in [0.15, 0.2) is 42.7 Å². The van der Waals surface area contributed by atoms with Gasteiger partial charge in [-0.2, -0.15) is 0 Å². The van der Waals surface area contributed by atoms with Crippen LogP contribution in [-0.4, -0.2) is 26.5 Å². The van der Waals surface area contributed by atoms with Crippen LogP contribution in [0.25, 0.3) is 0 Å². The zero-order valence-electron chi connectivity index (χ0n) is 11.6. The SMILES string of the molecule is CC(O)(CCNc1ncc([N+](=O)[O-])cn1)c1ccccc1. The third kappa shape index (κ3) is 3.96. The molecule has 0 radical (unpaired) electrons. The third-order valence-electron chi connectivity index (χ3n) is 3.14. The van der Waals surface area contributed by atoms with E-state index in [0.717, 1.165) is 18.0 Å². The van der Waals surface area contributed by atoms with E-state index in [1.807, 2.05) is 30.3 Å². The van der Waals surface area contributed by atoms with Crippen molar-refractivity contribution in [1.82, 2.24) is 9.97 Å². The first-order chi connectivity index (χ1) is 9.99. The number of benzene rings is 1. The Balaban J connectivity index is 1.90. The van der Waals surface area contributed by atoms with Gasteiger partial charge in [0.15, 0.2) is 0 Å². The lowest BCUT2D eigenvalue weighted by Gasteiger charge is -2.23. The predicted octanol–water partition coefficient (Wildman–Crippen LogP) is 2.09. The minimum Gasteiger partial charge on any atom is -0.385 e. The number of aromatic nitrogens is 2. The monoisotopic (exact) mass is 288 g/mol. The summed E-state index contributed by atoms with van der Waals surface area (Å²) in [5.74, 6) is 0.296. The van der Waals surface area contributed by atoms with Gasteiger partial charge in [0.2, 0.25) is 5.95 Å². The summed E-state index contributed by atoms with van der Waals surface area (Å²) in [6.07, 6.45) is 2.74. The fraction of sp³-hybridized carbons (Fsp3) is 0.286. The van der Waals surface area contributed by atoms with Crippen molar-refractivity contribution in [3.63, 3.8) is 0 Å². The van der Waals surface area contributed by atoms with Crippen molar-refractivity contribution in [2.75, 3.05) is 11.9 Å². The Morgan fingerprint density at radius 1 is 1.29 bits per heavy atom. The summed E-state index contributed by atoms with van der Waals surface area (Å²) in [6, 6.07) is 9.36. The van der Waals surface area contributed by atoms with E-state index in [2.05, 4.69) is 15.3 Å². The summed E-state index contributed by atoms with van der Waals surface area (Å²) in [6.45, 7) is 2.18. The molecule has 0 aliphatic carbocycles. The Labute approximate surface area is 121 Å². The number of hydrogen-bond acceptors (Lipinski definition) is 6. The van der Waals surface area contributed by atoms with E-state index in [9.17, 15) is 15.2 Å². The molecule has 21 heavy (non-hydrogen) atoms. The Morgan fingerprint density at radius 3 is 2.48 bits per heavy atom. The molecule has 1 heterocycles. The van der Waals surface area contributed by atoms with E-state index in [1.165, 1.54) is 0 Å². The lowest BCUT2D eigenvalue weighted by Crippen LogP contribution is -2.25. The number of nitrogens with zero attached hydrogens (tertiary/aromatic N) is 3. The molecule has 7 nitrogen and oxygen atoms in total. The van der Waals surface area contributed by atoms with E-state index in [-0.39, 0.29) is 5.69 Å². The maximum absolute atomic E-state index is 10.5. The standard InChI is InChI=1S/C14H16N4O3/c1-14(19,11-5-3-2-4-6-11)7-8-15-13-16-9-12(10-17-13)18(20)21/h2-6,9-10,19H,7-8H2,1H3,(H,15,16,17). The van der Waals surface area contributed by atoms with Crippen LogP contribution >= 0.6 is 0 Å². The molecule has 1 unspecified atom stereocenters. The van der Waals surface area contributed by atoms with Crippen LogP contribution in [-0.2, 0) is 5.60 Å². The molecule has 1 aromatic carbocycles. The number of rotatable bonds is 6. The van der Waals surface area contributed by atoms with Gasteiger partial charge in [0.05, 0.1) is 10.5 Å². The van der Waals surface area contributed by atoms with E-state index in [0.29, 0.717) is 18.9 Å². The van der Waals surface area contributed by atoms with Crippen molar-refractivity contribution < 1.29 is 10.0 Å². The maximum atomic E-state index is 10.5. The second-order valence-corrected chi connectivity index (χ2v) is 4.84. The van der Waals surface area contributed by atoms with Crippen molar-refractivity contribution in [2.45, 2.75) is 18.9 Å². The zero-order chi connectivity index (χ0) is 15.3. The van der Waals surface area contributed by atoms with Gasteiger partial charge in [0, 0.05) is 6.54 Å². The molecule has 2 aromatic rings. The highest BCUT2D eigenvalue weighted by molar-refractivity contribution is 5.30. The Morgan fingerprint density at radius 2 is 1.90 bits per heavy atom. The van der Waals surface area contributed by atoms with Crippen LogP contribution in [0.4, 0.5) is 11.6 Å². The minimum absolute atomic E-state index is 0.156. The molecule has 0 saturated carbocycles. The van der Waals surface area contributed by atoms with Crippen LogP contribution in [0, 0.1) is 10.1 Å². The lowest BCUT2D eigenvalue weighted by molar-refractivity contribution is -0.385. The molecule has 0 bridgehead atoms. The smallest absolute Gasteiger partial charge is 0.305 e. The van der Waals surface area contributed by atoms with Crippen molar-refractivity contribution >= 4 is 11.6 Å². The van der Waals surface area contributed by atoms with Gasteiger partial charge in [-0.25, -0.2) is 9.97 Å². The van der Waals surface area contributed by atoms with Crippen molar-refractivity contribution in [3.05, 3.63) is 58.4 Å². The normalized spacial score (nSPS) is 13.4. The molecule has 110 valence electrons. The summed E-state index contributed by atoms with van der Waals surface area (Å²) < 4.78 is 0. The van der Waals surface area contributed by atoms with Gasteiger partial charge >= 0.3 is 5.69 Å². The van der Waals surface area contributed by atoms with Gasteiger partial charge in [0.25, 0.3) is 0 Å². The van der Waals surface area contributed by atoms with Crippen molar-refractivity contribution in [2.24, 2.45) is 0 Å². The van der Waals surface area contributed by atoms with Crippen LogP contribution in [0.3, 0.4) is 0 Å². The molecule has 0 saturated heterocycles. The van der Waals surface area contributed by atoms with Gasteiger partial charge in [0.1, 0.15) is 12.4 Å². The van der Waals surface area contributed by atoms with Gasteiger partial charge in [-0.05, 0) is 18.9 Å². The summed E-state index contributed by atoms with van der Waals surface area (Å²) >= 11 is 0. The molecule has 7 heteroatoms. The van der Waals surface area contributed by atoms with Gasteiger partial charge in [-0.3, -0.25) is 10.1 Å². The second-order valence-electron chi connectivity index (χ2n) is 4.84. The largest absolute Gasteiger partial charge is 0.385 e. The minimum atomic E-state index is -0.963. The predicted molar refractivity (Wildman–Crippen MR) is 77.8 cm³/mol. The van der Waals surface area contributed by atoms with Crippen LogP contribution in [0.5, 0.6) is 0 Å². The molecule has 1 aromatic heterocycles. The Kier molecular flexibility index (Phi) is 4.44. The topological polar surface area (TPSA) is 101 Å². The molecular formula is C14H16N4O3. The van der Waals surface area contributed by atoms with Crippen molar-refractivity contribution in [3.8, 4) is 0 Å². The molecule has 0 aliphatic heterocycles. The molecule has 1 atom stereocenters. The number of nitro groups is 1. The highest BCUT2D eigenvalue weighted by atomic mass is 16.6. The average Bonchev–Trinajstić information content (AvgIpc) is 2.48. The number of aliphatic hydroxyl groups is 1. The van der Waals surface area contributed by atoms with Crippen molar-refractivity contribution in [1.29, 1.82) is 0 Å². The van der Waals surface area contributed by atoms with E-state index in [1.54, 1.807) is 6.92 Å². The second kappa shape index (κ2) is 6.27. The molecule has 0 spiro atoms. The number of nitrogens with one attached hydrogen (secondary N) is 1. The zero-order valence-corrected chi connectivity index (χ0v) is 11.6. The Hall–Kier alpha value is -2.54. The van der Waals surface area contributed by atoms with Crippen LogP contribution in [0.2, 0.25) is 0 Å². The molecule has 2 rings (SSSR count). The molecule has 0 amide bonds. The summed E-state index contributed by atoms with van der Waals surface area (Å²) in [5, 5.41) is 23.8. The van der Waals surface area contributed by atoms with Gasteiger partial charge < -0.3 is 10.4 Å². The van der Waals surface area contributed by atoms with Crippen LogP contribution in [0.1, 0.15) is 18.9 Å². The third-order valence-corrected chi connectivity index (χ3v) is 3.14. The summed E-state index contributed by atoms with van der Waals surface area (Å²) in [5.41, 5.74) is -0.289. The van der Waals surface area contributed by atoms with Gasteiger partial charge in [-0.15, -0.1) is 0 Å².